The molecule has 276 valence electrons. The summed E-state index contributed by atoms with van der Waals surface area (Å²) in [5.74, 6) is 0. The highest BCUT2D eigenvalue weighted by molar-refractivity contribution is 7.26. The minimum atomic E-state index is 0.857. The third-order valence-corrected chi connectivity index (χ3v) is 13.1. The second kappa shape index (κ2) is 13.6. The first-order valence-corrected chi connectivity index (χ1v) is 20.9. The van der Waals surface area contributed by atoms with Gasteiger partial charge in [-0.05, 0) is 91.8 Å². The molecule has 0 aliphatic heterocycles. The first kappa shape index (κ1) is 33.7. The molecule has 0 aliphatic rings. The number of nitrogens with zero attached hydrogens (tertiary/aromatic N) is 1. The molecule has 2 heterocycles. The van der Waals surface area contributed by atoms with Crippen LogP contribution in [0.1, 0.15) is 0 Å². The molecule has 12 rings (SSSR count). The molecule has 59 heavy (non-hydrogen) atoms. The maximum atomic E-state index is 6.99. The fourth-order valence-electron chi connectivity index (χ4n) is 9.00. The summed E-state index contributed by atoms with van der Waals surface area (Å²) in [6.45, 7) is 0. The van der Waals surface area contributed by atoms with Crippen molar-refractivity contribution in [3.8, 4) is 33.4 Å². The molecule has 2 aromatic heterocycles. The van der Waals surface area contributed by atoms with Gasteiger partial charge >= 0.3 is 0 Å². The second-order valence-corrected chi connectivity index (χ2v) is 16.3. The van der Waals surface area contributed by atoms with E-state index in [2.05, 4.69) is 217 Å². The maximum Gasteiger partial charge on any atom is 0.159 e. The summed E-state index contributed by atoms with van der Waals surface area (Å²) in [7, 11) is 0. The lowest BCUT2D eigenvalue weighted by molar-refractivity contribution is 0.670. The number of fused-ring (bicyclic) bond motifs is 9. The van der Waals surface area contributed by atoms with Gasteiger partial charge in [0.15, 0.2) is 5.58 Å². The van der Waals surface area contributed by atoms with E-state index in [-0.39, 0.29) is 0 Å². The van der Waals surface area contributed by atoms with Crippen molar-refractivity contribution in [3.63, 3.8) is 0 Å². The lowest BCUT2D eigenvalue weighted by Gasteiger charge is -2.26. The number of rotatable bonds is 6. The summed E-state index contributed by atoms with van der Waals surface area (Å²) >= 11 is 1.87. The van der Waals surface area contributed by atoms with E-state index in [0.29, 0.717) is 0 Å². The van der Waals surface area contributed by atoms with Gasteiger partial charge in [0.25, 0.3) is 0 Å². The molecule has 0 atom stereocenters. The topological polar surface area (TPSA) is 16.4 Å². The predicted octanol–water partition coefficient (Wildman–Crippen LogP) is 16.7. The molecule has 2 nitrogen and oxygen atoms in total. The number of anilines is 3. The largest absolute Gasteiger partial charge is 0.453 e. The van der Waals surface area contributed by atoms with E-state index in [1.54, 1.807) is 0 Å². The Morgan fingerprint density at radius 1 is 0.339 bits per heavy atom. The first-order chi connectivity index (χ1) is 29.2. The van der Waals surface area contributed by atoms with Gasteiger partial charge < -0.3 is 9.32 Å². The Balaban J connectivity index is 1.01. The molecule has 0 fully saturated rings. The number of furan rings is 1. The van der Waals surface area contributed by atoms with Crippen LogP contribution < -0.4 is 4.90 Å². The predicted molar refractivity (Wildman–Crippen MR) is 253 cm³/mol. The van der Waals surface area contributed by atoms with Crippen molar-refractivity contribution in [2.45, 2.75) is 0 Å². The molecule has 0 amide bonds. The molecular formula is C56H35NOS. The maximum absolute atomic E-state index is 6.99. The highest BCUT2D eigenvalue weighted by Gasteiger charge is 2.21. The Labute approximate surface area is 345 Å². The highest BCUT2D eigenvalue weighted by Crippen LogP contribution is 2.46. The minimum absolute atomic E-state index is 0.857. The summed E-state index contributed by atoms with van der Waals surface area (Å²) in [5.41, 5.74) is 11.9. The van der Waals surface area contributed by atoms with Crippen LogP contribution in [0.3, 0.4) is 0 Å². The summed E-state index contributed by atoms with van der Waals surface area (Å²) in [4.78, 5) is 2.34. The van der Waals surface area contributed by atoms with Gasteiger partial charge in [-0.15, -0.1) is 11.3 Å². The second-order valence-electron chi connectivity index (χ2n) is 15.2. The molecule has 0 radical (unpaired) electrons. The molecule has 0 aliphatic carbocycles. The number of hydrogen-bond donors (Lipinski definition) is 0. The lowest BCUT2D eigenvalue weighted by atomic mass is 9.97. The van der Waals surface area contributed by atoms with E-state index < -0.39 is 0 Å². The molecule has 0 bridgehead atoms. The van der Waals surface area contributed by atoms with Crippen molar-refractivity contribution in [1.82, 2.24) is 0 Å². The van der Waals surface area contributed by atoms with Crippen LogP contribution in [0.4, 0.5) is 17.1 Å². The monoisotopic (exact) mass is 769 g/mol. The van der Waals surface area contributed by atoms with Crippen molar-refractivity contribution in [3.05, 3.63) is 212 Å². The summed E-state index contributed by atoms with van der Waals surface area (Å²) in [5, 5.41) is 9.86. The third-order valence-electron chi connectivity index (χ3n) is 11.9. The number of para-hydroxylation sites is 2. The van der Waals surface area contributed by atoms with Crippen LogP contribution in [0.2, 0.25) is 0 Å². The van der Waals surface area contributed by atoms with E-state index in [0.717, 1.165) is 50.1 Å². The van der Waals surface area contributed by atoms with Gasteiger partial charge in [0.05, 0.1) is 5.69 Å². The molecule has 0 saturated carbocycles. The number of hydrogen-bond acceptors (Lipinski definition) is 3. The van der Waals surface area contributed by atoms with Gasteiger partial charge in [-0.2, -0.15) is 0 Å². The van der Waals surface area contributed by atoms with E-state index in [4.69, 9.17) is 4.42 Å². The third kappa shape index (κ3) is 5.55. The summed E-state index contributed by atoms with van der Waals surface area (Å²) in [6, 6.07) is 76.8. The van der Waals surface area contributed by atoms with Gasteiger partial charge in [-0.1, -0.05) is 170 Å². The smallest absolute Gasteiger partial charge is 0.159 e. The van der Waals surface area contributed by atoms with Crippen molar-refractivity contribution in [2.24, 2.45) is 0 Å². The van der Waals surface area contributed by atoms with Crippen LogP contribution in [0.25, 0.3) is 97.0 Å². The van der Waals surface area contributed by atoms with Crippen LogP contribution in [0, 0.1) is 0 Å². The van der Waals surface area contributed by atoms with E-state index in [9.17, 15) is 0 Å². The van der Waals surface area contributed by atoms with Gasteiger partial charge in [-0.25, -0.2) is 0 Å². The number of benzene rings is 10. The molecule has 0 unspecified atom stereocenters. The molecule has 0 saturated heterocycles. The molecule has 10 aromatic carbocycles. The van der Waals surface area contributed by atoms with Crippen molar-refractivity contribution in [2.75, 3.05) is 4.90 Å². The standard InChI is InChI=1S/C56H35NOS/c1-2-11-37(12-3-1)45-16-8-18-48-49-19-10-21-52(55(49)58-54(45)48)57(43-33-29-39(30-34-43)46-17-9-20-50-47-15-6-7-22-53(47)59-56(46)50)42-31-27-36(28-32-42)41-26-25-40-24-23-38-13-4-5-14-44(38)51(40)35-41/h1-35H. The van der Waals surface area contributed by atoms with Crippen LogP contribution in [0.5, 0.6) is 0 Å². The zero-order chi connectivity index (χ0) is 38.9. The fourth-order valence-corrected chi connectivity index (χ4v) is 10.2. The van der Waals surface area contributed by atoms with Gasteiger partial charge in [0.2, 0.25) is 0 Å². The van der Waals surface area contributed by atoms with Crippen molar-refractivity contribution < 1.29 is 4.42 Å². The van der Waals surface area contributed by atoms with Crippen molar-refractivity contribution >= 4 is 92.1 Å². The van der Waals surface area contributed by atoms with Crippen molar-refractivity contribution in [1.29, 1.82) is 0 Å². The molecule has 0 N–H and O–H groups in total. The average molecular weight is 770 g/mol. The Hall–Kier alpha value is -7.46. The van der Waals surface area contributed by atoms with E-state index in [1.165, 1.54) is 64.0 Å². The molecule has 0 spiro atoms. The minimum Gasteiger partial charge on any atom is -0.453 e. The highest BCUT2D eigenvalue weighted by atomic mass is 32.1. The van der Waals surface area contributed by atoms with Crippen LogP contribution in [-0.2, 0) is 0 Å². The number of thiophene rings is 1. The zero-order valence-electron chi connectivity index (χ0n) is 32.0. The molecular weight excluding hydrogens is 735 g/mol. The Bertz CT molecular complexity index is 3540. The molecule has 12 aromatic rings. The summed E-state index contributed by atoms with van der Waals surface area (Å²) in [6.07, 6.45) is 0. The first-order valence-electron chi connectivity index (χ1n) is 20.1. The Kier molecular flexibility index (Phi) is 7.75. The Morgan fingerprint density at radius 2 is 0.898 bits per heavy atom. The zero-order valence-corrected chi connectivity index (χ0v) is 32.8. The van der Waals surface area contributed by atoms with Gasteiger partial charge in [0, 0.05) is 47.9 Å². The quantitative estimate of drug-likeness (QED) is 0.157. The van der Waals surface area contributed by atoms with Gasteiger partial charge in [0.1, 0.15) is 5.58 Å². The van der Waals surface area contributed by atoms with Crippen LogP contribution in [-0.4, -0.2) is 0 Å². The average Bonchev–Trinajstić information content (AvgIpc) is 3.89. The SMILES string of the molecule is c1ccc(-c2cccc3c2oc2c(N(c4ccc(-c5ccc6ccc7ccccc7c6c5)cc4)c4ccc(-c5cccc6c5sc5ccccc56)cc4)cccc23)cc1. The summed E-state index contributed by atoms with van der Waals surface area (Å²) < 4.78 is 9.62. The van der Waals surface area contributed by atoms with E-state index in [1.807, 2.05) is 11.3 Å². The van der Waals surface area contributed by atoms with E-state index >= 15 is 0 Å². The fraction of sp³-hybridized carbons (Fsp3) is 0. The van der Waals surface area contributed by atoms with Gasteiger partial charge in [-0.3, -0.25) is 0 Å². The lowest BCUT2D eigenvalue weighted by Crippen LogP contribution is -2.10. The Morgan fingerprint density at radius 3 is 1.69 bits per heavy atom. The van der Waals surface area contributed by atoms with Crippen LogP contribution >= 0.6 is 11.3 Å². The normalized spacial score (nSPS) is 11.7. The molecule has 3 heteroatoms. The van der Waals surface area contributed by atoms with Crippen LogP contribution in [0.15, 0.2) is 217 Å².